The van der Waals surface area contributed by atoms with E-state index in [0.717, 1.165) is 16.8 Å². The van der Waals surface area contributed by atoms with Gasteiger partial charge in [0.25, 0.3) is 5.91 Å². The minimum atomic E-state index is -0.984. The number of aliphatic imine (C=N–C) groups is 1. The van der Waals surface area contributed by atoms with Crippen LogP contribution in [0.3, 0.4) is 0 Å². The fourth-order valence-corrected chi connectivity index (χ4v) is 2.96. The van der Waals surface area contributed by atoms with E-state index in [4.69, 9.17) is 5.73 Å². The number of pyridine rings is 1. The predicted octanol–water partition coefficient (Wildman–Crippen LogP) is 2.88. The monoisotopic (exact) mass is 328 g/mol. The van der Waals surface area contributed by atoms with Crippen molar-refractivity contribution in [1.82, 2.24) is 4.98 Å². The van der Waals surface area contributed by atoms with E-state index in [2.05, 4.69) is 9.98 Å². The zero-order valence-electron chi connectivity index (χ0n) is 13.4. The summed E-state index contributed by atoms with van der Waals surface area (Å²) in [6.45, 7) is 0. The van der Waals surface area contributed by atoms with E-state index in [1.54, 1.807) is 23.4 Å². The molecule has 2 heterocycles. The number of nitrogens with zero attached hydrogens (tertiary/aromatic N) is 3. The number of fused-ring (bicyclic) bond motifs is 1. The second-order valence-electron chi connectivity index (χ2n) is 5.69. The van der Waals surface area contributed by atoms with Crippen LogP contribution in [0.1, 0.15) is 11.1 Å². The van der Waals surface area contributed by atoms with Crippen LogP contribution in [-0.4, -0.2) is 22.8 Å². The summed E-state index contributed by atoms with van der Waals surface area (Å²) in [7, 11) is 0. The third-order valence-corrected chi connectivity index (χ3v) is 4.09. The van der Waals surface area contributed by atoms with Crippen LogP contribution in [0.5, 0.6) is 0 Å². The second-order valence-corrected chi connectivity index (χ2v) is 5.69. The van der Waals surface area contributed by atoms with Gasteiger partial charge >= 0.3 is 0 Å². The summed E-state index contributed by atoms with van der Waals surface area (Å²) in [5.74, 6) is -0.286. The van der Waals surface area contributed by atoms with Gasteiger partial charge in [0.05, 0.1) is 23.3 Å². The van der Waals surface area contributed by atoms with Crippen molar-refractivity contribution < 1.29 is 4.79 Å². The first kappa shape index (κ1) is 15.2. The molecule has 2 N–H and O–H groups in total. The number of carbonyl (C=O) groups excluding carboxylic acids is 1. The summed E-state index contributed by atoms with van der Waals surface area (Å²) in [5, 5.41) is 0. The van der Waals surface area contributed by atoms with E-state index in [1.165, 1.54) is 0 Å². The van der Waals surface area contributed by atoms with Gasteiger partial charge in [-0.2, -0.15) is 0 Å². The number of benzene rings is 2. The Morgan fingerprint density at radius 3 is 2.44 bits per heavy atom. The van der Waals surface area contributed by atoms with E-state index in [0.29, 0.717) is 11.4 Å². The van der Waals surface area contributed by atoms with Gasteiger partial charge in [-0.15, -0.1) is 0 Å². The molecule has 1 aliphatic heterocycles. The van der Waals surface area contributed by atoms with Gasteiger partial charge in [0.2, 0.25) is 0 Å². The molecule has 0 spiro atoms. The molecule has 0 saturated heterocycles. The Morgan fingerprint density at radius 1 is 0.920 bits per heavy atom. The molecule has 2 aromatic carbocycles. The normalized spacial score (nSPS) is 16.8. The molecule has 5 nitrogen and oxygen atoms in total. The topological polar surface area (TPSA) is 71.6 Å². The van der Waals surface area contributed by atoms with E-state index in [9.17, 15) is 4.79 Å². The zero-order chi connectivity index (χ0) is 17.2. The van der Waals surface area contributed by atoms with Crippen molar-refractivity contribution in [3.8, 4) is 0 Å². The number of anilines is 2. The average Bonchev–Trinajstić information content (AvgIpc) is 2.78. The first-order valence-electron chi connectivity index (χ1n) is 7.98. The number of benzodiazepines with no additional fused rings is 1. The Bertz CT molecular complexity index is 938. The number of rotatable bonds is 2. The summed E-state index contributed by atoms with van der Waals surface area (Å²) in [6, 6.07) is 21.1. The molecule has 0 aliphatic carbocycles. The van der Waals surface area contributed by atoms with Crippen LogP contribution in [0.2, 0.25) is 0 Å². The highest BCUT2D eigenvalue weighted by Crippen LogP contribution is 2.32. The number of amides is 1. The number of hydrogen-bond acceptors (Lipinski definition) is 4. The molecule has 122 valence electrons. The van der Waals surface area contributed by atoms with Crippen molar-refractivity contribution in [2.24, 2.45) is 10.7 Å². The van der Waals surface area contributed by atoms with Crippen molar-refractivity contribution in [2.45, 2.75) is 6.17 Å². The maximum absolute atomic E-state index is 13.0. The molecule has 4 rings (SSSR count). The molecule has 1 atom stereocenters. The smallest absolute Gasteiger partial charge is 0.270 e. The highest BCUT2D eigenvalue weighted by molar-refractivity contribution is 6.21. The standard InChI is InChI=1S/C20H16N4O/c21-19-20(25)24(15-9-6-12-22-13-15)17-11-5-4-10-16(17)18(23-19)14-7-2-1-3-8-14/h1-13,19H,21H2. The predicted molar refractivity (Wildman–Crippen MR) is 97.9 cm³/mol. The quantitative estimate of drug-likeness (QED) is 0.786. The van der Waals surface area contributed by atoms with Crippen molar-refractivity contribution >= 4 is 23.0 Å². The molecular weight excluding hydrogens is 312 g/mol. The fraction of sp³-hybridized carbons (Fsp3) is 0.0500. The summed E-state index contributed by atoms with van der Waals surface area (Å²) < 4.78 is 0. The summed E-state index contributed by atoms with van der Waals surface area (Å²) in [6.07, 6.45) is 2.33. The average molecular weight is 328 g/mol. The number of para-hydroxylation sites is 1. The van der Waals surface area contributed by atoms with Gasteiger partial charge in [0, 0.05) is 17.3 Å². The van der Waals surface area contributed by atoms with Crippen LogP contribution in [0.4, 0.5) is 11.4 Å². The number of hydrogen-bond donors (Lipinski definition) is 1. The largest absolute Gasteiger partial charge is 0.302 e. The number of carbonyl (C=O) groups is 1. The first-order chi connectivity index (χ1) is 12.3. The van der Waals surface area contributed by atoms with Gasteiger partial charge in [-0.1, -0.05) is 48.5 Å². The molecule has 1 amide bonds. The lowest BCUT2D eigenvalue weighted by Crippen LogP contribution is -2.39. The molecule has 0 saturated carbocycles. The van der Waals surface area contributed by atoms with Crippen molar-refractivity contribution in [1.29, 1.82) is 0 Å². The van der Waals surface area contributed by atoms with Crippen molar-refractivity contribution in [3.63, 3.8) is 0 Å². The van der Waals surface area contributed by atoms with E-state index < -0.39 is 6.17 Å². The maximum Gasteiger partial charge on any atom is 0.270 e. The summed E-state index contributed by atoms with van der Waals surface area (Å²) >= 11 is 0. The van der Waals surface area contributed by atoms with E-state index in [-0.39, 0.29) is 5.91 Å². The van der Waals surface area contributed by atoms with Gasteiger partial charge in [0.1, 0.15) is 0 Å². The van der Waals surface area contributed by atoms with Gasteiger partial charge < -0.3 is 5.73 Å². The molecule has 1 unspecified atom stereocenters. The molecule has 0 bridgehead atoms. The van der Waals surface area contributed by atoms with E-state index >= 15 is 0 Å². The van der Waals surface area contributed by atoms with Crippen LogP contribution < -0.4 is 10.6 Å². The second kappa shape index (κ2) is 6.30. The SMILES string of the molecule is NC1N=C(c2ccccc2)c2ccccc2N(c2cccnc2)C1=O. The lowest BCUT2D eigenvalue weighted by molar-refractivity contribution is -0.118. The molecule has 0 fully saturated rings. The van der Waals surface area contributed by atoms with E-state index in [1.807, 2.05) is 60.7 Å². The highest BCUT2D eigenvalue weighted by Gasteiger charge is 2.30. The minimum Gasteiger partial charge on any atom is -0.302 e. The van der Waals surface area contributed by atoms with Crippen LogP contribution >= 0.6 is 0 Å². The third-order valence-electron chi connectivity index (χ3n) is 4.09. The van der Waals surface area contributed by atoms with Gasteiger partial charge in [-0.25, -0.2) is 0 Å². The molecule has 1 aliphatic rings. The Hall–Kier alpha value is -3.31. The van der Waals surface area contributed by atoms with Crippen molar-refractivity contribution in [2.75, 3.05) is 4.90 Å². The lowest BCUT2D eigenvalue weighted by Gasteiger charge is -2.23. The van der Waals surface area contributed by atoms with Crippen LogP contribution in [0, 0.1) is 0 Å². The van der Waals surface area contributed by atoms with Gasteiger partial charge in [-0.05, 0) is 18.2 Å². The molecule has 3 aromatic rings. The number of aromatic nitrogens is 1. The molecule has 0 radical (unpaired) electrons. The Kier molecular flexibility index (Phi) is 3.84. The molecule has 1 aromatic heterocycles. The highest BCUT2D eigenvalue weighted by atomic mass is 16.2. The van der Waals surface area contributed by atoms with Gasteiger partial charge in [0.15, 0.2) is 6.17 Å². The Labute approximate surface area is 145 Å². The summed E-state index contributed by atoms with van der Waals surface area (Å²) in [5.41, 5.74) is 10.0. The Morgan fingerprint density at radius 2 is 1.68 bits per heavy atom. The molecule has 5 heteroatoms. The van der Waals surface area contributed by atoms with Crippen molar-refractivity contribution in [3.05, 3.63) is 90.3 Å². The zero-order valence-corrected chi connectivity index (χ0v) is 13.4. The van der Waals surface area contributed by atoms with Crippen LogP contribution in [0.15, 0.2) is 84.1 Å². The Balaban J connectivity index is 1.95. The van der Waals surface area contributed by atoms with Crippen LogP contribution in [0.25, 0.3) is 0 Å². The molecular formula is C20H16N4O. The van der Waals surface area contributed by atoms with Crippen LogP contribution in [-0.2, 0) is 4.79 Å². The number of nitrogens with two attached hydrogens (primary N) is 1. The minimum absolute atomic E-state index is 0.286. The fourth-order valence-electron chi connectivity index (χ4n) is 2.96. The lowest BCUT2D eigenvalue weighted by atomic mass is 10.00. The molecule has 25 heavy (non-hydrogen) atoms. The summed E-state index contributed by atoms with van der Waals surface area (Å²) in [4.78, 5) is 23.2. The van der Waals surface area contributed by atoms with Gasteiger partial charge in [-0.3, -0.25) is 19.7 Å². The maximum atomic E-state index is 13.0. The third kappa shape index (κ3) is 2.70. The first-order valence-corrected chi connectivity index (χ1v) is 7.98.